The first kappa shape index (κ1) is 15.9. The molecule has 0 spiro atoms. The Morgan fingerprint density at radius 1 is 1.52 bits per heavy atom. The lowest BCUT2D eigenvalue weighted by Gasteiger charge is -2.06. The number of aryl methyl sites for hydroxylation is 2. The summed E-state index contributed by atoms with van der Waals surface area (Å²) in [6.45, 7) is 4.51. The fraction of sp³-hybridized carbons (Fsp3) is 0.286. The smallest absolute Gasteiger partial charge is 0.338 e. The standard InChI is InChI=1S/C14H14ClFN2O2S/c1-3-18-12(13(15)8(2)17-18)7-21-9-4-5-11(16)10(6-9)14(19)20/h4-6H,3,7H2,1-2H3,(H,19,20). The zero-order chi connectivity index (χ0) is 15.6. The summed E-state index contributed by atoms with van der Waals surface area (Å²) in [6.07, 6.45) is 0. The van der Waals surface area contributed by atoms with Crippen LogP contribution in [0.5, 0.6) is 0 Å². The number of carbonyl (C=O) groups is 1. The largest absolute Gasteiger partial charge is 0.478 e. The van der Waals surface area contributed by atoms with E-state index in [2.05, 4.69) is 5.10 Å². The minimum absolute atomic E-state index is 0.328. The van der Waals surface area contributed by atoms with Gasteiger partial charge in [-0.25, -0.2) is 9.18 Å². The maximum absolute atomic E-state index is 13.3. The molecule has 2 rings (SSSR count). The summed E-state index contributed by atoms with van der Waals surface area (Å²) in [5, 5.41) is 13.9. The molecule has 0 aliphatic heterocycles. The van der Waals surface area contributed by atoms with Crippen molar-refractivity contribution >= 4 is 29.3 Å². The van der Waals surface area contributed by atoms with Gasteiger partial charge in [0.15, 0.2) is 0 Å². The highest BCUT2D eigenvalue weighted by Gasteiger charge is 2.14. The van der Waals surface area contributed by atoms with E-state index < -0.39 is 11.8 Å². The monoisotopic (exact) mass is 328 g/mol. The molecule has 0 saturated heterocycles. The molecule has 0 atom stereocenters. The zero-order valence-electron chi connectivity index (χ0n) is 11.6. The Bertz CT molecular complexity index is 688. The molecule has 0 saturated carbocycles. The molecular weight excluding hydrogens is 315 g/mol. The van der Waals surface area contributed by atoms with Gasteiger partial charge in [-0.1, -0.05) is 11.6 Å². The summed E-state index contributed by atoms with van der Waals surface area (Å²) in [7, 11) is 0. The molecule has 0 aliphatic rings. The lowest BCUT2D eigenvalue weighted by atomic mass is 10.2. The quantitative estimate of drug-likeness (QED) is 0.843. The van der Waals surface area contributed by atoms with Crippen molar-refractivity contribution < 1.29 is 14.3 Å². The number of rotatable bonds is 5. The van der Waals surface area contributed by atoms with E-state index in [4.69, 9.17) is 16.7 Å². The van der Waals surface area contributed by atoms with Crippen molar-refractivity contribution in [1.29, 1.82) is 0 Å². The van der Waals surface area contributed by atoms with Crippen molar-refractivity contribution in [2.45, 2.75) is 31.0 Å². The predicted molar refractivity (Wildman–Crippen MR) is 80.6 cm³/mol. The fourth-order valence-corrected chi connectivity index (χ4v) is 3.16. The molecule has 1 aromatic heterocycles. The van der Waals surface area contributed by atoms with Crippen LogP contribution < -0.4 is 0 Å². The van der Waals surface area contributed by atoms with Crippen molar-refractivity contribution in [1.82, 2.24) is 9.78 Å². The number of aromatic carboxylic acids is 1. The number of nitrogens with zero attached hydrogens (tertiary/aromatic N) is 2. The molecule has 0 amide bonds. The Morgan fingerprint density at radius 3 is 2.86 bits per heavy atom. The second kappa shape index (κ2) is 6.49. The van der Waals surface area contributed by atoms with Crippen molar-refractivity contribution in [2.75, 3.05) is 0 Å². The fourth-order valence-electron chi connectivity index (χ4n) is 1.92. The van der Waals surface area contributed by atoms with Crippen LogP contribution >= 0.6 is 23.4 Å². The van der Waals surface area contributed by atoms with Crippen LogP contribution in [-0.4, -0.2) is 20.9 Å². The van der Waals surface area contributed by atoms with E-state index in [1.165, 1.54) is 17.8 Å². The Balaban J connectivity index is 2.21. The number of carboxylic acid groups (broad SMARTS) is 1. The Labute approximate surface area is 130 Å². The van der Waals surface area contributed by atoms with Gasteiger partial charge in [0.05, 0.1) is 22.0 Å². The molecular formula is C14H14ClFN2O2S. The van der Waals surface area contributed by atoms with Crippen LogP contribution in [0.4, 0.5) is 4.39 Å². The maximum atomic E-state index is 13.3. The summed E-state index contributed by atoms with van der Waals surface area (Å²) in [5.74, 6) is -1.47. The van der Waals surface area contributed by atoms with Crippen molar-refractivity contribution in [2.24, 2.45) is 0 Å². The van der Waals surface area contributed by atoms with Gasteiger partial charge in [-0.05, 0) is 32.0 Å². The van der Waals surface area contributed by atoms with Gasteiger partial charge in [0, 0.05) is 17.2 Å². The highest BCUT2D eigenvalue weighted by molar-refractivity contribution is 7.98. The van der Waals surface area contributed by atoms with Gasteiger partial charge < -0.3 is 5.11 Å². The second-order valence-electron chi connectivity index (χ2n) is 4.40. The van der Waals surface area contributed by atoms with E-state index in [1.54, 1.807) is 6.07 Å². The molecule has 21 heavy (non-hydrogen) atoms. The number of carboxylic acids is 1. The summed E-state index contributed by atoms with van der Waals surface area (Å²) >= 11 is 7.61. The van der Waals surface area contributed by atoms with Gasteiger partial charge in [-0.15, -0.1) is 11.8 Å². The van der Waals surface area contributed by atoms with E-state index in [1.807, 2.05) is 18.5 Å². The molecule has 7 heteroatoms. The highest BCUT2D eigenvalue weighted by Crippen LogP contribution is 2.29. The molecule has 1 aromatic carbocycles. The van der Waals surface area contributed by atoms with Gasteiger partial charge in [0.25, 0.3) is 0 Å². The second-order valence-corrected chi connectivity index (χ2v) is 5.82. The van der Waals surface area contributed by atoms with E-state index in [-0.39, 0.29) is 5.56 Å². The van der Waals surface area contributed by atoms with Crippen LogP contribution in [0.25, 0.3) is 0 Å². The highest BCUT2D eigenvalue weighted by atomic mass is 35.5. The van der Waals surface area contributed by atoms with Gasteiger partial charge in [0.2, 0.25) is 0 Å². The van der Waals surface area contributed by atoms with Crippen LogP contribution in [0.3, 0.4) is 0 Å². The Kier molecular flexibility index (Phi) is 4.90. The van der Waals surface area contributed by atoms with Gasteiger partial charge in [-0.3, -0.25) is 4.68 Å². The minimum Gasteiger partial charge on any atom is -0.478 e. The molecule has 112 valence electrons. The number of halogens is 2. The average Bonchev–Trinajstić information content (AvgIpc) is 2.73. The topological polar surface area (TPSA) is 55.1 Å². The average molecular weight is 329 g/mol. The number of hydrogen-bond donors (Lipinski definition) is 1. The van der Waals surface area contributed by atoms with Crippen molar-refractivity contribution in [3.63, 3.8) is 0 Å². The van der Waals surface area contributed by atoms with Crippen LogP contribution in [0, 0.1) is 12.7 Å². The lowest BCUT2D eigenvalue weighted by molar-refractivity contribution is 0.0691. The number of aromatic nitrogens is 2. The Hall–Kier alpha value is -1.53. The maximum Gasteiger partial charge on any atom is 0.338 e. The number of hydrogen-bond acceptors (Lipinski definition) is 3. The third-order valence-electron chi connectivity index (χ3n) is 3.00. The van der Waals surface area contributed by atoms with E-state index in [9.17, 15) is 9.18 Å². The lowest BCUT2D eigenvalue weighted by Crippen LogP contribution is -2.02. The first-order chi connectivity index (χ1) is 9.93. The SMILES string of the molecule is CCn1nc(C)c(Cl)c1CSc1ccc(F)c(C(=O)O)c1. The molecule has 0 fully saturated rings. The number of thioether (sulfide) groups is 1. The molecule has 0 bridgehead atoms. The molecule has 0 radical (unpaired) electrons. The van der Waals surface area contributed by atoms with Crippen LogP contribution in [0.2, 0.25) is 5.02 Å². The normalized spacial score (nSPS) is 10.9. The molecule has 1 N–H and O–H groups in total. The van der Waals surface area contributed by atoms with Gasteiger partial charge in [0.1, 0.15) is 5.82 Å². The molecule has 1 heterocycles. The van der Waals surface area contributed by atoms with E-state index in [0.29, 0.717) is 22.2 Å². The van der Waals surface area contributed by atoms with Crippen LogP contribution in [0.1, 0.15) is 28.7 Å². The third-order valence-corrected chi connectivity index (χ3v) is 4.49. The first-order valence-electron chi connectivity index (χ1n) is 6.31. The first-order valence-corrected chi connectivity index (χ1v) is 7.67. The van der Waals surface area contributed by atoms with Crippen molar-refractivity contribution in [3.8, 4) is 0 Å². The predicted octanol–water partition coefficient (Wildman–Crippen LogP) is 3.99. The van der Waals surface area contributed by atoms with Crippen LogP contribution in [-0.2, 0) is 12.3 Å². The molecule has 2 aromatic rings. The summed E-state index contributed by atoms with van der Waals surface area (Å²) in [5.41, 5.74) is 1.31. The van der Waals surface area contributed by atoms with E-state index in [0.717, 1.165) is 17.5 Å². The molecule has 0 unspecified atom stereocenters. The van der Waals surface area contributed by atoms with Gasteiger partial charge in [-0.2, -0.15) is 5.10 Å². The minimum atomic E-state index is -1.28. The molecule has 0 aliphatic carbocycles. The Morgan fingerprint density at radius 2 is 2.24 bits per heavy atom. The molecule has 4 nitrogen and oxygen atoms in total. The number of benzene rings is 1. The zero-order valence-corrected chi connectivity index (χ0v) is 13.1. The van der Waals surface area contributed by atoms with Crippen molar-refractivity contribution in [3.05, 3.63) is 46.0 Å². The third kappa shape index (κ3) is 3.39. The summed E-state index contributed by atoms with van der Waals surface area (Å²) in [4.78, 5) is 11.6. The van der Waals surface area contributed by atoms with Crippen LogP contribution in [0.15, 0.2) is 23.1 Å². The van der Waals surface area contributed by atoms with Gasteiger partial charge >= 0.3 is 5.97 Å². The summed E-state index contributed by atoms with van der Waals surface area (Å²) < 4.78 is 15.2. The summed E-state index contributed by atoms with van der Waals surface area (Å²) in [6, 6.07) is 4.05. The van der Waals surface area contributed by atoms with E-state index >= 15 is 0 Å².